The predicted octanol–water partition coefficient (Wildman–Crippen LogP) is 2.79. The van der Waals surface area contributed by atoms with Crippen LogP contribution in [-0.2, 0) is 21.1 Å². The van der Waals surface area contributed by atoms with Crippen LogP contribution in [0.1, 0.15) is 15.9 Å². The Balaban J connectivity index is 0.00000180. The van der Waals surface area contributed by atoms with Crippen molar-refractivity contribution in [1.29, 1.82) is 0 Å². The van der Waals surface area contributed by atoms with E-state index in [1.165, 1.54) is 18.2 Å². The van der Waals surface area contributed by atoms with Gasteiger partial charge < -0.3 is 10.2 Å². The van der Waals surface area contributed by atoms with E-state index in [0.29, 0.717) is 0 Å². The van der Waals surface area contributed by atoms with Gasteiger partial charge in [0.25, 0.3) is 0 Å². The summed E-state index contributed by atoms with van der Waals surface area (Å²) in [5.74, 6) is -0.192. The first-order chi connectivity index (χ1) is 8.66. The van der Waals surface area contributed by atoms with Crippen molar-refractivity contribution in [2.24, 2.45) is 0 Å². The summed E-state index contributed by atoms with van der Waals surface area (Å²) in [4.78, 5) is 11.8. The van der Waals surface area contributed by atoms with Gasteiger partial charge in [-0.15, -0.1) is 6.07 Å². The SMILES string of the molecule is O=C(/C=C/c1ccc(O)cc1)c1cc[c-]cc1O.[Mo]. The minimum atomic E-state index is -0.283. The third-order valence-electron chi connectivity index (χ3n) is 2.43. The second-order valence-electron chi connectivity index (χ2n) is 3.73. The van der Waals surface area contributed by atoms with Gasteiger partial charge in [-0.2, -0.15) is 18.2 Å². The summed E-state index contributed by atoms with van der Waals surface area (Å²) in [5.41, 5.74) is 1.03. The predicted molar refractivity (Wildman–Crippen MR) is 68.4 cm³/mol. The monoisotopic (exact) mass is 337 g/mol. The van der Waals surface area contributed by atoms with Crippen molar-refractivity contribution in [2.45, 2.75) is 0 Å². The fraction of sp³-hybridized carbons (Fsp3) is 0. The number of phenols is 2. The van der Waals surface area contributed by atoms with Crippen LogP contribution in [0.2, 0.25) is 0 Å². The first kappa shape index (κ1) is 15.2. The van der Waals surface area contributed by atoms with E-state index < -0.39 is 0 Å². The average Bonchev–Trinajstić information content (AvgIpc) is 2.38. The van der Waals surface area contributed by atoms with Crippen molar-refractivity contribution < 1.29 is 36.1 Å². The van der Waals surface area contributed by atoms with Gasteiger partial charge in [0, 0.05) is 26.8 Å². The van der Waals surface area contributed by atoms with Gasteiger partial charge in [0.2, 0.25) is 0 Å². The molecule has 2 N–H and O–H groups in total. The molecule has 0 aliphatic carbocycles. The van der Waals surface area contributed by atoms with E-state index in [4.69, 9.17) is 5.11 Å². The Hall–Kier alpha value is -1.86. The van der Waals surface area contributed by atoms with Crippen molar-refractivity contribution in [2.75, 3.05) is 0 Å². The number of hydrogen-bond acceptors (Lipinski definition) is 3. The number of aromatic hydroxyl groups is 2. The summed E-state index contributed by atoms with van der Waals surface area (Å²) in [7, 11) is 0. The summed E-state index contributed by atoms with van der Waals surface area (Å²) in [6.07, 6.45) is 3.00. The topological polar surface area (TPSA) is 57.5 Å². The molecular formula is C15H11MoO3-. The minimum absolute atomic E-state index is 0. The van der Waals surface area contributed by atoms with Crippen molar-refractivity contribution in [3.63, 3.8) is 0 Å². The molecule has 2 aromatic rings. The Bertz CT molecular complexity index is 589. The van der Waals surface area contributed by atoms with Gasteiger partial charge >= 0.3 is 0 Å². The summed E-state index contributed by atoms with van der Waals surface area (Å²) < 4.78 is 0. The molecule has 96 valence electrons. The Morgan fingerprint density at radius 1 is 1.11 bits per heavy atom. The first-order valence-electron chi connectivity index (χ1n) is 5.37. The fourth-order valence-electron chi connectivity index (χ4n) is 1.48. The molecule has 0 aromatic heterocycles. The Morgan fingerprint density at radius 3 is 2.42 bits per heavy atom. The third-order valence-corrected chi connectivity index (χ3v) is 2.43. The fourth-order valence-corrected chi connectivity index (χ4v) is 1.48. The molecule has 0 aliphatic heterocycles. The van der Waals surface area contributed by atoms with Gasteiger partial charge in [0.15, 0.2) is 5.78 Å². The number of hydrogen-bond donors (Lipinski definition) is 2. The smallest absolute Gasteiger partial charge is 0.165 e. The number of carbonyl (C=O) groups is 1. The molecule has 0 amide bonds. The number of ketones is 1. The van der Waals surface area contributed by atoms with Crippen molar-refractivity contribution in [3.05, 3.63) is 65.7 Å². The molecule has 0 aliphatic rings. The van der Waals surface area contributed by atoms with E-state index in [1.807, 2.05) is 0 Å². The Morgan fingerprint density at radius 2 is 1.79 bits per heavy atom. The van der Waals surface area contributed by atoms with Gasteiger partial charge in [0.05, 0.1) is 0 Å². The van der Waals surface area contributed by atoms with E-state index in [9.17, 15) is 9.90 Å². The van der Waals surface area contributed by atoms with E-state index >= 15 is 0 Å². The molecule has 2 aromatic carbocycles. The molecule has 0 saturated heterocycles. The van der Waals surface area contributed by atoms with Crippen LogP contribution in [0.3, 0.4) is 0 Å². The van der Waals surface area contributed by atoms with Gasteiger partial charge in [-0.3, -0.25) is 4.79 Å². The average molecular weight is 335 g/mol. The molecule has 0 fully saturated rings. The number of benzene rings is 2. The second kappa shape index (κ2) is 6.91. The van der Waals surface area contributed by atoms with Crippen LogP contribution in [-0.4, -0.2) is 16.0 Å². The largest absolute Gasteiger partial charge is 0.565 e. The van der Waals surface area contributed by atoms with Crippen LogP contribution in [0.4, 0.5) is 0 Å². The van der Waals surface area contributed by atoms with Gasteiger partial charge in [0.1, 0.15) is 5.75 Å². The maximum atomic E-state index is 11.8. The van der Waals surface area contributed by atoms with Crippen molar-refractivity contribution >= 4 is 11.9 Å². The standard InChI is InChI=1S/C15H11O3.Mo/c16-12-8-5-11(6-9-12)7-10-15(18)13-3-1-2-4-14(13)17;/h1,3-10,16-17H;/q-1;/b10-7+;. The number of rotatable bonds is 3. The minimum Gasteiger partial charge on any atom is -0.565 e. The van der Waals surface area contributed by atoms with Gasteiger partial charge in [-0.25, -0.2) is 0 Å². The maximum absolute atomic E-state index is 11.8. The zero-order valence-electron chi connectivity index (χ0n) is 9.91. The van der Waals surface area contributed by atoms with Gasteiger partial charge in [-0.05, 0) is 29.3 Å². The van der Waals surface area contributed by atoms with Crippen LogP contribution >= 0.6 is 0 Å². The van der Waals surface area contributed by atoms with Crippen LogP contribution in [0.25, 0.3) is 6.08 Å². The third kappa shape index (κ3) is 4.07. The molecule has 0 radical (unpaired) electrons. The van der Waals surface area contributed by atoms with E-state index in [2.05, 4.69) is 6.07 Å². The molecule has 2 rings (SSSR count). The zero-order chi connectivity index (χ0) is 13.0. The van der Waals surface area contributed by atoms with Crippen molar-refractivity contribution in [1.82, 2.24) is 0 Å². The summed E-state index contributed by atoms with van der Waals surface area (Å²) in [6.45, 7) is 0. The molecule has 0 unspecified atom stereocenters. The molecule has 3 nitrogen and oxygen atoms in total. The van der Waals surface area contributed by atoms with E-state index in [0.717, 1.165) is 5.56 Å². The summed E-state index contributed by atoms with van der Waals surface area (Å²) in [6, 6.07) is 13.6. The zero-order valence-corrected chi connectivity index (χ0v) is 11.9. The molecule has 0 atom stereocenters. The summed E-state index contributed by atoms with van der Waals surface area (Å²) in [5, 5.41) is 18.6. The van der Waals surface area contributed by atoms with Gasteiger partial charge in [-0.1, -0.05) is 18.2 Å². The van der Waals surface area contributed by atoms with E-state index in [1.54, 1.807) is 36.4 Å². The normalized spacial score (nSPS) is 10.1. The van der Waals surface area contributed by atoms with Crippen LogP contribution < -0.4 is 0 Å². The first-order valence-corrected chi connectivity index (χ1v) is 5.37. The number of allylic oxidation sites excluding steroid dienone is 1. The number of phenolic OH excluding ortho intramolecular Hbond substituents is 2. The van der Waals surface area contributed by atoms with Crippen molar-refractivity contribution in [3.8, 4) is 11.5 Å². The molecule has 19 heavy (non-hydrogen) atoms. The van der Waals surface area contributed by atoms with Crippen LogP contribution in [0.5, 0.6) is 11.5 Å². The Labute approximate surface area is 125 Å². The molecule has 0 saturated carbocycles. The van der Waals surface area contributed by atoms with E-state index in [-0.39, 0.29) is 43.9 Å². The molecule has 4 heteroatoms. The molecule has 0 heterocycles. The molecule has 0 spiro atoms. The van der Waals surface area contributed by atoms with Crippen LogP contribution in [0, 0.1) is 6.07 Å². The summed E-state index contributed by atoms with van der Waals surface area (Å²) >= 11 is 0. The molecular weight excluding hydrogens is 324 g/mol. The quantitative estimate of drug-likeness (QED) is 0.392. The maximum Gasteiger partial charge on any atom is 0.165 e. The number of carbonyl (C=O) groups excluding carboxylic acids is 1. The second-order valence-corrected chi connectivity index (χ2v) is 3.73. The Kier molecular flexibility index (Phi) is 5.53. The molecule has 0 bridgehead atoms. The van der Waals surface area contributed by atoms with Crippen LogP contribution in [0.15, 0.2) is 48.5 Å².